The molecule has 0 aromatic heterocycles. The fourth-order valence-corrected chi connectivity index (χ4v) is 7.41. The average Bonchev–Trinajstić information content (AvgIpc) is 2.81. The Bertz CT molecular complexity index is 687. The van der Waals surface area contributed by atoms with Crippen LogP contribution in [0.5, 0.6) is 0 Å². The molecule has 2 aromatic carbocycles. The molecule has 0 fully saturated rings. The quantitative estimate of drug-likeness (QED) is 0.283. The highest BCUT2D eigenvalue weighted by molar-refractivity contribution is 6.66. The number of aryl methyl sites for hydroxylation is 2. The topological polar surface area (TPSA) is 36.9 Å². The van der Waals surface area contributed by atoms with Crippen LogP contribution in [0.4, 0.5) is 0 Å². The van der Waals surface area contributed by atoms with Crippen molar-refractivity contribution in [3.05, 3.63) is 71.8 Å². The summed E-state index contributed by atoms with van der Waals surface area (Å²) in [6.45, 7) is 9.88. The molecule has 0 N–H and O–H groups in total. The Kier molecular flexibility index (Phi) is 14.7. The highest BCUT2D eigenvalue weighted by Crippen LogP contribution is 2.18. The summed E-state index contributed by atoms with van der Waals surface area (Å²) in [5.41, 5.74) is 2.79. The summed E-state index contributed by atoms with van der Waals surface area (Å²) in [6, 6.07) is 23.3. The normalized spacial score (nSPS) is 11.7. The fraction of sp³-hybridized carbons (Fsp3) is 0.538. The Morgan fingerprint density at radius 1 is 0.594 bits per heavy atom. The zero-order valence-electron chi connectivity index (χ0n) is 21.1. The summed E-state index contributed by atoms with van der Waals surface area (Å²) in [6.07, 6.45) is 4.50. The largest absolute Gasteiger partial charge is 0.398 e. The van der Waals surface area contributed by atoms with Gasteiger partial charge in [0.1, 0.15) is 0 Å². The van der Waals surface area contributed by atoms with E-state index in [1.54, 1.807) is 14.2 Å². The molecule has 0 aliphatic carbocycles. The molecule has 2 aromatic rings. The van der Waals surface area contributed by atoms with Crippen molar-refractivity contribution in [3.63, 3.8) is 0 Å². The second kappa shape index (κ2) is 16.3. The van der Waals surface area contributed by atoms with Gasteiger partial charge in [0.15, 0.2) is 0 Å². The monoisotopic (exact) mass is 476 g/mol. The maximum absolute atomic E-state index is 5.82. The average molecular weight is 477 g/mol. The van der Waals surface area contributed by atoms with Crippen molar-refractivity contribution in [3.8, 4) is 0 Å². The summed E-state index contributed by atoms with van der Waals surface area (Å²) >= 11 is 0. The minimum atomic E-state index is -1.90. The van der Waals surface area contributed by atoms with Crippen LogP contribution < -0.4 is 0 Å². The standard InChI is InChI=1S/C14H24O2Si.C12H20O2Si/c1-4-15-17(3,16-5-2)13-9-12-14-10-7-6-8-11-14;1-13-15(3,14-2)11-7-10-12-8-5-4-6-9-12/h6-8,10-11H,4-5,9,12-13H2,1-3H3;4-6,8-9H,7,10-11H2,1-3H3. The Morgan fingerprint density at radius 3 is 1.31 bits per heavy atom. The first-order valence-corrected chi connectivity index (χ1v) is 16.9. The predicted octanol–water partition coefficient (Wildman–Crippen LogP) is 6.75. The zero-order valence-corrected chi connectivity index (χ0v) is 23.1. The molecule has 0 aliphatic heterocycles. The molecule has 0 amide bonds. The molecule has 0 radical (unpaired) electrons. The first-order chi connectivity index (χ1) is 15.4. The van der Waals surface area contributed by atoms with Crippen LogP contribution in [-0.2, 0) is 30.5 Å². The van der Waals surface area contributed by atoms with Crippen LogP contribution in [0.1, 0.15) is 37.8 Å². The van der Waals surface area contributed by atoms with Crippen molar-refractivity contribution in [2.24, 2.45) is 0 Å². The van der Waals surface area contributed by atoms with Gasteiger partial charge in [-0.1, -0.05) is 60.7 Å². The van der Waals surface area contributed by atoms with Gasteiger partial charge in [-0.25, -0.2) is 0 Å². The zero-order chi connectivity index (χ0) is 23.7. The van der Waals surface area contributed by atoms with E-state index in [-0.39, 0.29) is 0 Å². The Labute approximate surface area is 198 Å². The molecular weight excluding hydrogens is 432 g/mol. The predicted molar refractivity (Wildman–Crippen MR) is 140 cm³/mol. The van der Waals surface area contributed by atoms with Crippen molar-refractivity contribution in [1.82, 2.24) is 0 Å². The van der Waals surface area contributed by atoms with Gasteiger partial charge in [0, 0.05) is 27.4 Å². The van der Waals surface area contributed by atoms with Crippen LogP contribution in [-0.4, -0.2) is 44.6 Å². The van der Waals surface area contributed by atoms with E-state index in [4.69, 9.17) is 17.7 Å². The SMILES string of the molecule is CCO[Si](C)(CCCc1ccccc1)OCC.CO[Si](C)(CCCc1ccccc1)OC. The maximum atomic E-state index is 5.82. The first kappa shape index (κ1) is 28.7. The Hall–Kier alpha value is -1.29. The third kappa shape index (κ3) is 12.1. The number of benzene rings is 2. The van der Waals surface area contributed by atoms with E-state index in [1.165, 1.54) is 11.1 Å². The molecule has 180 valence electrons. The lowest BCUT2D eigenvalue weighted by atomic mass is 10.1. The molecule has 32 heavy (non-hydrogen) atoms. The first-order valence-electron chi connectivity index (χ1n) is 11.9. The molecule has 0 saturated heterocycles. The third-order valence-corrected chi connectivity index (χ3v) is 11.7. The van der Waals surface area contributed by atoms with Crippen LogP contribution in [0.15, 0.2) is 60.7 Å². The van der Waals surface area contributed by atoms with Gasteiger partial charge < -0.3 is 17.7 Å². The van der Waals surface area contributed by atoms with Crippen molar-refractivity contribution >= 4 is 17.1 Å². The molecule has 0 heterocycles. The van der Waals surface area contributed by atoms with Gasteiger partial charge in [-0.3, -0.25) is 0 Å². The molecule has 0 atom stereocenters. The smallest absolute Gasteiger partial charge is 0.334 e. The van der Waals surface area contributed by atoms with Crippen LogP contribution >= 0.6 is 0 Å². The Morgan fingerprint density at radius 2 is 0.969 bits per heavy atom. The lowest BCUT2D eigenvalue weighted by Crippen LogP contribution is -2.38. The van der Waals surface area contributed by atoms with Gasteiger partial charge in [-0.2, -0.15) is 0 Å². The molecule has 4 nitrogen and oxygen atoms in total. The van der Waals surface area contributed by atoms with Crippen molar-refractivity contribution < 1.29 is 17.7 Å². The second-order valence-electron chi connectivity index (χ2n) is 8.22. The van der Waals surface area contributed by atoms with Gasteiger partial charge in [-0.15, -0.1) is 0 Å². The van der Waals surface area contributed by atoms with Gasteiger partial charge in [-0.05, 0) is 75.8 Å². The minimum absolute atomic E-state index is 0.758. The summed E-state index contributed by atoms with van der Waals surface area (Å²) in [5, 5.41) is 0. The molecule has 2 rings (SSSR count). The minimum Gasteiger partial charge on any atom is -0.398 e. The second-order valence-corrected chi connectivity index (χ2v) is 15.1. The third-order valence-electron chi connectivity index (χ3n) is 5.64. The van der Waals surface area contributed by atoms with Gasteiger partial charge in [0.05, 0.1) is 0 Å². The van der Waals surface area contributed by atoms with Gasteiger partial charge in [0.25, 0.3) is 0 Å². The maximum Gasteiger partial charge on any atom is 0.334 e. The van der Waals surface area contributed by atoms with Crippen molar-refractivity contribution in [2.75, 3.05) is 27.4 Å². The van der Waals surface area contributed by atoms with E-state index in [9.17, 15) is 0 Å². The van der Waals surface area contributed by atoms with E-state index < -0.39 is 17.1 Å². The summed E-state index contributed by atoms with van der Waals surface area (Å²) in [7, 11) is -0.258. The molecule has 0 aliphatic rings. The number of hydrogen-bond donors (Lipinski definition) is 0. The number of hydrogen-bond acceptors (Lipinski definition) is 4. The van der Waals surface area contributed by atoms with Crippen LogP contribution in [0.25, 0.3) is 0 Å². The molecule has 0 unspecified atom stereocenters. The highest BCUT2D eigenvalue weighted by Gasteiger charge is 2.29. The molecule has 0 saturated carbocycles. The molecular formula is C26H44O4Si2. The van der Waals surface area contributed by atoms with Gasteiger partial charge in [0.2, 0.25) is 0 Å². The number of rotatable bonds is 14. The van der Waals surface area contributed by atoms with Crippen molar-refractivity contribution in [1.29, 1.82) is 0 Å². The molecule has 0 bridgehead atoms. The van der Waals surface area contributed by atoms with E-state index in [2.05, 4.69) is 67.7 Å². The van der Waals surface area contributed by atoms with Crippen LogP contribution in [0, 0.1) is 0 Å². The summed E-state index contributed by atoms with van der Waals surface area (Å²) < 4.78 is 22.5. The summed E-state index contributed by atoms with van der Waals surface area (Å²) in [5.74, 6) is 0. The molecule has 0 spiro atoms. The van der Waals surface area contributed by atoms with E-state index in [0.29, 0.717) is 0 Å². The highest BCUT2D eigenvalue weighted by atomic mass is 28.4. The lowest BCUT2D eigenvalue weighted by Gasteiger charge is -2.25. The summed E-state index contributed by atoms with van der Waals surface area (Å²) in [4.78, 5) is 0. The van der Waals surface area contributed by atoms with E-state index in [0.717, 1.165) is 51.0 Å². The van der Waals surface area contributed by atoms with E-state index >= 15 is 0 Å². The fourth-order valence-electron chi connectivity index (χ4n) is 3.60. The lowest BCUT2D eigenvalue weighted by molar-refractivity contribution is 0.188. The van der Waals surface area contributed by atoms with Gasteiger partial charge >= 0.3 is 17.1 Å². The van der Waals surface area contributed by atoms with Crippen LogP contribution in [0.3, 0.4) is 0 Å². The Balaban J connectivity index is 0.000000323. The molecule has 6 heteroatoms. The van der Waals surface area contributed by atoms with Crippen molar-refractivity contribution in [2.45, 2.75) is 64.7 Å². The van der Waals surface area contributed by atoms with Crippen LogP contribution in [0.2, 0.25) is 25.2 Å². The van der Waals surface area contributed by atoms with E-state index in [1.807, 2.05) is 19.9 Å².